The number of thiophene rings is 1. The zero-order valence-electron chi connectivity index (χ0n) is 16.6. The average Bonchev–Trinajstić information content (AvgIpc) is 3.34. The predicted molar refractivity (Wildman–Crippen MR) is 113 cm³/mol. The Morgan fingerprint density at radius 1 is 1.29 bits per heavy atom. The zero-order valence-corrected chi connectivity index (χ0v) is 18.2. The average molecular weight is 426 g/mol. The number of thiocarbonyl (C=S) groups is 1. The van der Waals surface area contributed by atoms with Crippen LogP contribution in [0.3, 0.4) is 0 Å². The highest BCUT2D eigenvalue weighted by atomic mass is 32.1. The molecule has 2 saturated heterocycles. The molecule has 0 aromatic carbocycles. The molecule has 1 amide bonds. The van der Waals surface area contributed by atoms with Gasteiger partial charge in [0.25, 0.3) is 5.91 Å². The van der Waals surface area contributed by atoms with Gasteiger partial charge >= 0.3 is 5.97 Å². The van der Waals surface area contributed by atoms with Crippen LogP contribution >= 0.6 is 23.6 Å². The molecule has 9 heteroatoms. The minimum Gasteiger partial charge on any atom is -0.465 e. The van der Waals surface area contributed by atoms with Gasteiger partial charge in [-0.25, -0.2) is 4.79 Å². The van der Waals surface area contributed by atoms with Crippen LogP contribution in [0.4, 0.5) is 5.00 Å². The molecular formula is C19H27N3O4S2. The van der Waals surface area contributed by atoms with Crippen LogP contribution in [-0.2, 0) is 20.7 Å². The largest absolute Gasteiger partial charge is 0.465 e. The van der Waals surface area contributed by atoms with E-state index in [0.29, 0.717) is 43.5 Å². The van der Waals surface area contributed by atoms with Crippen LogP contribution in [0.25, 0.3) is 0 Å². The van der Waals surface area contributed by atoms with Gasteiger partial charge in [0.1, 0.15) is 11.1 Å². The maximum atomic E-state index is 12.5. The van der Waals surface area contributed by atoms with Gasteiger partial charge in [-0.2, -0.15) is 0 Å². The van der Waals surface area contributed by atoms with Crippen LogP contribution in [0.1, 0.15) is 40.6 Å². The van der Waals surface area contributed by atoms with Crippen molar-refractivity contribution < 1.29 is 19.1 Å². The van der Waals surface area contributed by atoms with Crippen LogP contribution in [0.15, 0.2) is 0 Å². The Hall–Kier alpha value is -1.71. The number of hydrogen-bond acceptors (Lipinski definition) is 6. The minimum absolute atomic E-state index is 0.0884. The van der Waals surface area contributed by atoms with E-state index in [0.717, 1.165) is 34.7 Å². The number of nitrogens with zero attached hydrogens (tertiary/aromatic N) is 2. The number of piperazine rings is 1. The molecule has 0 radical (unpaired) electrons. The van der Waals surface area contributed by atoms with Gasteiger partial charge in [0.2, 0.25) is 0 Å². The SMILES string of the molecule is CCc1c(C)sc(NC(=S)N2CCN(C(=O)[C@H]3CCCO3)CC2)c1C(=O)OC. The van der Waals surface area contributed by atoms with Gasteiger partial charge in [-0.05, 0) is 44.0 Å². The second-order valence-electron chi connectivity index (χ2n) is 6.93. The topological polar surface area (TPSA) is 71.1 Å². The third kappa shape index (κ3) is 4.31. The van der Waals surface area contributed by atoms with Gasteiger partial charge in [-0.3, -0.25) is 4.79 Å². The van der Waals surface area contributed by atoms with E-state index < -0.39 is 0 Å². The smallest absolute Gasteiger partial charge is 0.341 e. The first-order valence-corrected chi connectivity index (χ1v) is 10.9. The summed E-state index contributed by atoms with van der Waals surface area (Å²) in [5, 5.41) is 4.53. The fourth-order valence-electron chi connectivity index (χ4n) is 3.69. The number of hydrogen-bond donors (Lipinski definition) is 1. The summed E-state index contributed by atoms with van der Waals surface area (Å²) >= 11 is 7.10. The highest BCUT2D eigenvalue weighted by Gasteiger charge is 2.31. The van der Waals surface area contributed by atoms with E-state index in [1.807, 2.05) is 23.6 Å². The molecule has 0 unspecified atom stereocenters. The molecule has 1 aromatic rings. The molecule has 7 nitrogen and oxygen atoms in total. The summed E-state index contributed by atoms with van der Waals surface area (Å²) < 4.78 is 10.5. The lowest BCUT2D eigenvalue weighted by Gasteiger charge is -2.37. The molecular weight excluding hydrogens is 398 g/mol. The van der Waals surface area contributed by atoms with Crippen molar-refractivity contribution in [1.29, 1.82) is 0 Å². The van der Waals surface area contributed by atoms with E-state index in [1.54, 1.807) is 0 Å². The van der Waals surface area contributed by atoms with Crippen molar-refractivity contribution in [2.24, 2.45) is 0 Å². The van der Waals surface area contributed by atoms with Crippen molar-refractivity contribution in [2.75, 3.05) is 45.2 Å². The Morgan fingerprint density at radius 3 is 2.54 bits per heavy atom. The molecule has 3 rings (SSSR count). The highest BCUT2D eigenvalue weighted by molar-refractivity contribution is 7.80. The molecule has 28 heavy (non-hydrogen) atoms. The Bertz CT molecular complexity index is 751. The lowest BCUT2D eigenvalue weighted by atomic mass is 10.1. The molecule has 3 heterocycles. The Labute approximate surface area is 175 Å². The van der Waals surface area contributed by atoms with E-state index >= 15 is 0 Å². The Morgan fingerprint density at radius 2 is 1.96 bits per heavy atom. The maximum Gasteiger partial charge on any atom is 0.341 e. The molecule has 0 bridgehead atoms. The molecule has 1 atom stereocenters. The summed E-state index contributed by atoms with van der Waals surface area (Å²) in [5.74, 6) is -0.260. The van der Waals surface area contributed by atoms with Crippen molar-refractivity contribution in [3.05, 3.63) is 16.0 Å². The Kier molecular flexibility index (Phi) is 6.90. The molecule has 2 fully saturated rings. The lowest BCUT2D eigenvalue weighted by Crippen LogP contribution is -2.53. The number of carbonyl (C=O) groups is 2. The first-order chi connectivity index (χ1) is 13.5. The van der Waals surface area contributed by atoms with E-state index in [2.05, 4.69) is 5.32 Å². The third-order valence-corrected chi connectivity index (χ3v) is 6.68. The zero-order chi connectivity index (χ0) is 20.3. The second-order valence-corrected chi connectivity index (χ2v) is 8.54. The van der Waals surface area contributed by atoms with Crippen LogP contribution in [-0.4, -0.2) is 72.8 Å². The van der Waals surface area contributed by atoms with Crippen LogP contribution in [0, 0.1) is 6.92 Å². The van der Waals surface area contributed by atoms with Gasteiger partial charge in [0.05, 0.1) is 12.7 Å². The van der Waals surface area contributed by atoms with Crippen LogP contribution < -0.4 is 5.32 Å². The number of ether oxygens (including phenoxy) is 2. The van der Waals surface area contributed by atoms with E-state index in [-0.39, 0.29) is 18.0 Å². The number of aryl methyl sites for hydroxylation is 1. The molecule has 2 aliphatic heterocycles. The molecule has 0 aliphatic carbocycles. The minimum atomic E-state index is -0.349. The summed E-state index contributed by atoms with van der Waals surface area (Å²) in [6.45, 7) is 7.24. The standard InChI is InChI=1S/C19H27N3O4S2/c1-4-13-12(2)28-16(15(13)18(24)25-3)20-19(27)22-9-7-21(8-10-22)17(23)14-6-5-11-26-14/h14H,4-11H2,1-3H3,(H,20,27)/t14-/m1/s1. The number of amides is 1. The predicted octanol–water partition coefficient (Wildman–Crippen LogP) is 2.43. The fourth-order valence-corrected chi connectivity index (χ4v) is 5.17. The molecule has 1 N–H and O–H groups in total. The quantitative estimate of drug-likeness (QED) is 0.587. The summed E-state index contributed by atoms with van der Waals surface area (Å²) in [6, 6.07) is 0. The summed E-state index contributed by atoms with van der Waals surface area (Å²) in [5.41, 5.74) is 1.57. The van der Waals surface area contributed by atoms with E-state index in [4.69, 9.17) is 21.7 Å². The van der Waals surface area contributed by atoms with Gasteiger partial charge in [0.15, 0.2) is 5.11 Å². The van der Waals surface area contributed by atoms with E-state index in [9.17, 15) is 9.59 Å². The molecule has 0 spiro atoms. The van der Waals surface area contributed by atoms with Gasteiger partial charge in [-0.15, -0.1) is 11.3 Å². The van der Waals surface area contributed by atoms with Crippen molar-refractivity contribution in [1.82, 2.24) is 9.80 Å². The number of esters is 1. The van der Waals surface area contributed by atoms with Gasteiger partial charge in [-0.1, -0.05) is 6.92 Å². The van der Waals surface area contributed by atoms with Crippen molar-refractivity contribution >= 4 is 45.5 Å². The van der Waals surface area contributed by atoms with Gasteiger partial charge in [0, 0.05) is 37.7 Å². The summed E-state index contributed by atoms with van der Waals surface area (Å²) in [7, 11) is 1.39. The molecule has 0 saturated carbocycles. The number of rotatable bonds is 4. The Balaban J connectivity index is 1.62. The first kappa shape index (κ1) is 21.0. The third-order valence-electron chi connectivity index (χ3n) is 5.26. The van der Waals surface area contributed by atoms with Crippen molar-refractivity contribution in [2.45, 2.75) is 39.2 Å². The first-order valence-electron chi connectivity index (χ1n) is 9.63. The van der Waals surface area contributed by atoms with Gasteiger partial charge < -0.3 is 24.6 Å². The lowest BCUT2D eigenvalue weighted by molar-refractivity contribution is -0.142. The number of nitrogens with one attached hydrogen (secondary N) is 1. The van der Waals surface area contributed by atoms with Crippen LogP contribution in [0.5, 0.6) is 0 Å². The normalized spacial score (nSPS) is 19.6. The van der Waals surface area contributed by atoms with Crippen molar-refractivity contribution in [3.8, 4) is 0 Å². The highest BCUT2D eigenvalue weighted by Crippen LogP contribution is 2.34. The second kappa shape index (κ2) is 9.19. The van der Waals surface area contributed by atoms with Crippen LogP contribution in [0.2, 0.25) is 0 Å². The van der Waals surface area contributed by atoms with E-state index in [1.165, 1.54) is 18.4 Å². The number of carbonyl (C=O) groups excluding carboxylic acids is 2. The fraction of sp³-hybridized carbons (Fsp3) is 0.632. The molecule has 2 aliphatic rings. The summed E-state index contributed by atoms with van der Waals surface area (Å²) in [6.07, 6.45) is 2.24. The number of anilines is 1. The monoisotopic (exact) mass is 425 g/mol. The summed E-state index contributed by atoms with van der Waals surface area (Å²) in [4.78, 5) is 29.7. The maximum absolute atomic E-state index is 12.5. The number of methoxy groups -OCH3 is 1. The molecule has 154 valence electrons. The van der Waals surface area contributed by atoms with Crippen molar-refractivity contribution in [3.63, 3.8) is 0 Å². The molecule has 1 aromatic heterocycles.